The van der Waals surface area contributed by atoms with Crippen molar-refractivity contribution < 1.29 is 19.1 Å². The van der Waals surface area contributed by atoms with E-state index in [1.807, 2.05) is 48.5 Å². The molecule has 1 atom stereocenters. The van der Waals surface area contributed by atoms with Crippen molar-refractivity contribution in [3.8, 4) is 11.5 Å². The summed E-state index contributed by atoms with van der Waals surface area (Å²) in [6.07, 6.45) is -0.342. The van der Waals surface area contributed by atoms with Crippen LogP contribution in [0.3, 0.4) is 0 Å². The number of carbonyl (C=O) groups excluding carboxylic acids is 2. The number of nitrogens with one attached hydrogen (secondary N) is 2. The number of aryl methyl sites for hydroxylation is 1. The number of benzene rings is 2. The van der Waals surface area contributed by atoms with Gasteiger partial charge in [-0.15, -0.1) is 0 Å². The van der Waals surface area contributed by atoms with E-state index in [0.29, 0.717) is 29.4 Å². The number of aromatic nitrogens is 1. The molecule has 0 radical (unpaired) electrons. The third-order valence-corrected chi connectivity index (χ3v) is 4.38. The summed E-state index contributed by atoms with van der Waals surface area (Å²) in [5.41, 5.74) is 1.92. The highest BCUT2D eigenvalue weighted by atomic mass is 16.6. The molecule has 0 bridgehead atoms. The van der Waals surface area contributed by atoms with Crippen LogP contribution in [-0.2, 0) is 4.79 Å². The van der Waals surface area contributed by atoms with Crippen molar-refractivity contribution >= 4 is 22.6 Å². The Labute approximate surface area is 150 Å². The molecule has 1 amide bonds. The summed E-state index contributed by atoms with van der Waals surface area (Å²) in [6.45, 7) is 2.30. The second kappa shape index (κ2) is 6.55. The fourth-order valence-corrected chi connectivity index (χ4v) is 3.13. The van der Waals surface area contributed by atoms with E-state index in [4.69, 9.17) is 9.47 Å². The average Bonchev–Trinajstić information content (AvgIpc) is 3.01. The van der Waals surface area contributed by atoms with Crippen molar-refractivity contribution in [1.29, 1.82) is 0 Å². The normalized spacial score (nSPS) is 15.7. The predicted molar refractivity (Wildman–Crippen MR) is 96.7 cm³/mol. The van der Waals surface area contributed by atoms with Gasteiger partial charge >= 0.3 is 0 Å². The van der Waals surface area contributed by atoms with Gasteiger partial charge in [0.05, 0.1) is 12.1 Å². The van der Waals surface area contributed by atoms with E-state index >= 15 is 0 Å². The Kier molecular flexibility index (Phi) is 4.08. The number of carbonyl (C=O) groups is 2. The smallest absolute Gasteiger partial charge is 0.292 e. The van der Waals surface area contributed by atoms with E-state index in [9.17, 15) is 9.59 Å². The van der Waals surface area contributed by atoms with Crippen molar-refractivity contribution in [2.24, 2.45) is 0 Å². The topological polar surface area (TPSA) is 80.4 Å². The lowest BCUT2D eigenvalue weighted by Crippen LogP contribution is -2.43. The van der Waals surface area contributed by atoms with Gasteiger partial charge in [-0.25, -0.2) is 0 Å². The molecule has 6 heteroatoms. The largest absolute Gasteiger partial charge is 0.486 e. The quantitative estimate of drug-likeness (QED) is 0.560. The average molecular weight is 350 g/mol. The summed E-state index contributed by atoms with van der Waals surface area (Å²) in [4.78, 5) is 28.1. The van der Waals surface area contributed by atoms with Crippen LogP contribution in [0.15, 0.2) is 48.5 Å². The summed E-state index contributed by atoms with van der Waals surface area (Å²) < 4.78 is 11.4. The highest BCUT2D eigenvalue weighted by molar-refractivity contribution is 6.45. The first-order chi connectivity index (χ1) is 12.6. The Morgan fingerprint density at radius 2 is 1.85 bits per heavy atom. The molecule has 3 aromatic rings. The molecule has 4 rings (SSSR count). The number of amides is 1. The van der Waals surface area contributed by atoms with Crippen molar-refractivity contribution in [2.45, 2.75) is 13.0 Å². The lowest BCUT2D eigenvalue weighted by Gasteiger charge is -2.26. The van der Waals surface area contributed by atoms with Gasteiger partial charge in [-0.2, -0.15) is 0 Å². The van der Waals surface area contributed by atoms with Gasteiger partial charge in [-0.1, -0.05) is 30.3 Å². The van der Waals surface area contributed by atoms with Crippen LogP contribution < -0.4 is 14.8 Å². The fraction of sp³-hybridized carbons (Fsp3) is 0.200. The fourth-order valence-electron chi connectivity index (χ4n) is 3.13. The monoisotopic (exact) mass is 350 g/mol. The maximum atomic E-state index is 12.6. The van der Waals surface area contributed by atoms with Crippen molar-refractivity contribution in [2.75, 3.05) is 13.2 Å². The zero-order chi connectivity index (χ0) is 18.1. The summed E-state index contributed by atoms with van der Waals surface area (Å²) in [5.74, 6) is 0.106. The Bertz CT molecular complexity index is 992. The number of H-pyrrole nitrogens is 1. The first kappa shape index (κ1) is 16.2. The number of para-hydroxylation sites is 3. The molecule has 26 heavy (non-hydrogen) atoms. The number of fused-ring (bicyclic) bond motifs is 2. The number of ketones is 1. The number of aromatic amines is 1. The van der Waals surface area contributed by atoms with Crippen LogP contribution in [0, 0.1) is 6.92 Å². The lowest BCUT2D eigenvalue weighted by molar-refractivity contribution is -0.117. The van der Waals surface area contributed by atoms with E-state index in [2.05, 4.69) is 10.3 Å². The summed E-state index contributed by atoms with van der Waals surface area (Å²) in [7, 11) is 0. The molecule has 0 saturated carbocycles. The lowest BCUT2D eigenvalue weighted by atomic mass is 10.1. The van der Waals surface area contributed by atoms with E-state index in [1.54, 1.807) is 6.92 Å². The van der Waals surface area contributed by atoms with E-state index in [0.717, 1.165) is 10.9 Å². The van der Waals surface area contributed by atoms with Gasteiger partial charge in [-0.05, 0) is 25.1 Å². The van der Waals surface area contributed by atoms with E-state index in [-0.39, 0.29) is 12.6 Å². The third kappa shape index (κ3) is 2.90. The maximum absolute atomic E-state index is 12.6. The van der Waals surface area contributed by atoms with Gasteiger partial charge in [-0.3, -0.25) is 9.59 Å². The number of Topliss-reactive ketones (excluding diaryl/α,β-unsaturated/α-hetero) is 1. The molecule has 0 unspecified atom stereocenters. The van der Waals surface area contributed by atoms with Crippen molar-refractivity contribution in [3.63, 3.8) is 0 Å². The van der Waals surface area contributed by atoms with E-state index < -0.39 is 11.7 Å². The van der Waals surface area contributed by atoms with Crippen LogP contribution in [0.4, 0.5) is 0 Å². The molecule has 2 aromatic carbocycles. The molecule has 2 N–H and O–H groups in total. The molecule has 0 fully saturated rings. The molecule has 2 heterocycles. The van der Waals surface area contributed by atoms with Gasteiger partial charge < -0.3 is 19.8 Å². The van der Waals surface area contributed by atoms with Crippen LogP contribution in [-0.4, -0.2) is 35.9 Å². The minimum atomic E-state index is -0.652. The van der Waals surface area contributed by atoms with E-state index in [1.165, 1.54) is 0 Å². The standard InChI is InChI=1S/C20H18N2O4/c1-12-18(14-6-2-3-7-15(14)22-12)19(23)20(24)21-10-13-11-25-16-8-4-5-9-17(16)26-13/h2-9,13,22H,10-11H2,1H3,(H,21,24)/t13-/m1/s1. The second-order valence-corrected chi connectivity index (χ2v) is 6.21. The van der Waals surface area contributed by atoms with Crippen LogP contribution in [0.2, 0.25) is 0 Å². The molecule has 1 aromatic heterocycles. The molecule has 0 saturated heterocycles. The molecular weight excluding hydrogens is 332 g/mol. The third-order valence-electron chi connectivity index (χ3n) is 4.38. The molecule has 6 nitrogen and oxygen atoms in total. The number of rotatable bonds is 4. The first-order valence-corrected chi connectivity index (χ1v) is 8.42. The van der Waals surface area contributed by atoms with Crippen LogP contribution in [0.1, 0.15) is 16.1 Å². The Morgan fingerprint density at radius 1 is 1.12 bits per heavy atom. The minimum absolute atomic E-state index is 0.195. The van der Waals surface area contributed by atoms with Crippen LogP contribution >= 0.6 is 0 Å². The summed E-state index contributed by atoms with van der Waals surface area (Å²) >= 11 is 0. The molecule has 0 spiro atoms. The molecule has 1 aliphatic rings. The SMILES string of the molecule is Cc1[nH]c2ccccc2c1C(=O)C(=O)NC[C@@H]1COc2ccccc2O1. The molecule has 0 aliphatic carbocycles. The first-order valence-electron chi connectivity index (χ1n) is 8.42. The minimum Gasteiger partial charge on any atom is -0.486 e. The van der Waals surface area contributed by atoms with Gasteiger partial charge in [0, 0.05) is 16.6 Å². The Balaban J connectivity index is 1.44. The highest BCUT2D eigenvalue weighted by Crippen LogP contribution is 2.30. The van der Waals surface area contributed by atoms with Gasteiger partial charge in [0.15, 0.2) is 11.5 Å². The summed E-state index contributed by atoms with van der Waals surface area (Å²) in [5, 5.41) is 3.40. The molecular formula is C20H18N2O4. The summed E-state index contributed by atoms with van der Waals surface area (Å²) in [6, 6.07) is 14.8. The van der Waals surface area contributed by atoms with Crippen LogP contribution in [0.5, 0.6) is 11.5 Å². The highest BCUT2D eigenvalue weighted by Gasteiger charge is 2.25. The zero-order valence-electron chi connectivity index (χ0n) is 14.2. The molecule has 132 valence electrons. The van der Waals surface area contributed by atoms with Crippen molar-refractivity contribution in [3.05, 3.63) is 59.8 Å². The van der Waals surface area contributed by atoms with Gasteiger partial charge in [0.2, 0.25) is 0 Å². The van der Waals surface area contributed by atoms with Gasteiger partial charge in [0.1, 0.15) is 12.7 Å². The molecule has 1 aliphatic heterocycles. The number of hydrogen-bond acceptors (Lipinski definition) is 4. The zero-order valence-corrected chi connectivity index (χ0v) is 14.2. The second-order valence-electron chi connectivity index (χ2n) is 6.21. The number of hydrogen-bond donors (Lipinski definition) is 2. The van der Waals surface area contributed by atoms with Crippen molar-refractivity contribution in [1.82, 2.24) is 10.3 Å². The Morgan fingerprint density at radius 3 is 2.69 bits per heavy atom. The number of ether oxygens (including phenoxy) is 2. The maximum Gasteiger partial charge on any atom is 0.292 e. The predicted octanol–water partition coefficient (Wildman–Crippen LogP) is 2.62. The Hall–Kier alpha value is -3.28. The van der Waals surface area contributed by atoms with Crippen LogP contribution in [0.25, 0.3) is 10.9 Å². The van der Waals surface area contributed by atoms with Gasteiger partial charge in [0.25, 0.3) is 11.7 Å².